The SMILES string of the molecule is CC(=O)Nc1ccc(C(=O)[C@H](C)Oc2ccccc2F)cc1. The van der Waals surface area contributed by atoms with Crippen LogP contribution in [0.3, 0.4) is 0 Å². The zero-order valence-electron chi connectivity index (χ0n) is 12.3. The minimum Gasteiger partial charge on any atom is -0.479 e. The molecule has 4 nitrogen and oxygen atoms in total. The number of hydrogen-bond acceptors (Lipinski definition) is 3. The lowest BCUT2D eigenvalue weighted by Crippen LogP contribution is -2.24. The molecule has 1 atom stereocenters. The Morgan fingerprint density at radius 2 is 1.73 bits per heavy atom. The first-order chi connectivity index (χ1) is 10.5. The van der Waals surface area contributed by atoms with Crippen LogP contribution < -0.4 is 10.1 Å². The first kappa shape index (κ1) is 15.7. The average Bonchev–Trinajstić information content (AvgIpc) is 2.49. The first-order valence-electron chi connectivity index (χ1n) is 6.80. The van der Waals surface area contributed by atoms with E-state index in [0.29, 0.717) is 11.3 Å². The molecule has 0 saturated carbocycles. The summed E-state index contributed by atoms with van der Waals surface area (Å²) in [6, 6.07) is 12.4. The van der Waals surface area contributed by atoms with E-state index in [2.05, 4.69) is 5.32 Å². The Labute approximate surface area is 127 Å². The fourth-order valence-corrected chi connectivity index (χ4v) is 1.94. The number of hydrogen-bond donors (Lipinski definition) is 1. The van der Waals surface area contributed by atoms with Crippen LogP contribution in [0.5, 0.6) is 5.75 Å². The van der Waals surface area contributed by atoms with Gasteiger partial charge in [-0.05, 0) is 43.3 Å². The summed E-state index contributed by atoms with van der Waals surface area (Å²) in [6.45, 7) is 2.97. The van der Waals surface area contributed by atoms with Gasteiger partial charge in [-0.2, -0.15) is 0 Å². The Kier molecular flexibility index (Phi) is 4.88. The number of amides is 1. The second-order valence-corrected chi connectivity index (χ2v) is 4.81. The molecular formula is C17H16FNO3. The predicted molar refractivity (Wildman–Crippen MR) is 81.6 cm³/mol. The number of carbonyl (C=O) groups excluding carboxylic acids is 2. The normalized spacial score (nSPS) is 11.6. The molecule has 0 radical (unpaired) electrons. The summed E-state index contributed by atoms with van der Waals surface area (Å²) in [5.41, 5.74) is 1.03. The van der Waals surface area contributed by atoms with Crippen LogP contribution in [0.15, 0.2) is 48.5 Å². The fourth-order valence-electron chi connectivity index (χ4n) is 1.94. The lowest BCUT2D eigenvalue weighted by molar-refractivity contribution is -0.114. The number of ketones is 1. The number of nitrogens with one attached hydrogen (secondary N) is 1. The molecule has 0 aliphatic carbocycles. The Morgan fingerprint density at radius 1 is 1.09 bits per heavy atom. The molecule has 22 heavy (non-hydrogen) atoms. The lowest BCUT2D eigenvalue weighted by Gasteiger charge is -2.14. The number of halogens is 1. The van der Waals surface area contributed by atoms with Gasteiger partial charge in [0.2, 0.25) is 11.7 Å². The zero-order chi connectivity index (χ0) is 16.1. The van der Waals surface area contributed by atoms with Crippen LogP contribution in [0.4, 0.5) is 10.1 Å². The molecule has 1 amide bonds. The van der Waals surface area contributed by atoms with E-state index in [1.807, 2.05) is 0 Å². The smallest absolute Gasteiger partial charge is 0.221 e. The number of ether oxygens (including phenoxy) is 1. The standard InChI is InChI=1S/C17H16FNO3/c1-11(22-16-6-4-3-5-15(16)18)17(21)13-7-9-14(10-8-13)19-12(2)20/h3-11H,1-2H3,(H,19,20)/t11-/m0/s1. The van der Waals surface area contributed by atoms with E-state index in [0.717, 1.165) is 0 Å². The summed E-state index contributed by atoms with van der Waals surface area (Å²) in [5, 5.41) is 2.62. The number of anilines is 1. The Balaban J connectivity index is 2.07. The maximum atomic E-state index is 13.5. The van der Waals surface area contributed by atoms with E-state index < -0.39 is 11.9 Å². The highest BCUT2D eigenvalue weighted by Crippen LogP contribution is 2.19. The van der Waals surface area contributed by atoms with E-state index >= 15 is 0 Å². The minimum absolute atomic E-state index is 0.0400. The van der Waals surface area contributed by atoms with Gasteiger partial charge in [-0.15, -0.1) is 0 Å². The van der Waals surface area contributed by atoms with Crippen molar-refractivity contribution in [3.63, 3.8) is 0 Å². The van der Waals surface area contributed by atoms with Crippen molar-refractivity contribution in [2.45, 2.75) is 20.0 Å². The monoisotopic (exact) mass is 301 g/mol. The molecule has 0 bridgehead atoms. The van der Waals surface area contributed by atoms with Crippen LogP contribution >= 0.6 is 0 Å². The van der Waals surface area contributed by atoms with Gasteiger partial charge < -0.3 is 10.1 Å². The average molecular weight is 301 g/mol. The van der Waals surface area contributed by atoms with E-state index in [1.54, 1.807) is 43.3 Å². The van der Waals surface area contributed by atoms with Gasteiger partial charge >= 0.3 is 0 Å². The summed E-state index contributed by atoms with van der Waals surface area (Å²) < 4.78 is 18.9. The summed E-state index contributed by atoms with van der Waals surface area (Å²) in [7, 11) is 0. The highest BCUT2D eigenvalue weighted by molar-refractivity contribution is 6.00. The molecule has 5 heteroatoms. The largest absolute Gasteiger partial charge is 0.479 e. The minimum atomic E-state index is -0.816. The molecular weight excluding hydrogens is 285 g/mol. The van der Waals surface area contributed by atoms with Gasteiger partial charge in [0.05, 0.1) is 0 Å². The number of Topliss-reactive ketones (excluding diaryl/α,β-unsaturated/α-hetero) is 1. The summed E-state index contributed by atoms with van der Waals surface area (Å²) in [6.07, 6.45) is -0.816. The van der Waals surface area contributed by atoms with Crippen LogP contribution in [0, 0.1) is 5.82 Å². The molecule has 0 aliphatic rings. The van der Waals surface area contributed by atoms with Gasteiger partial charge in [0.15, 0.2) is 17.7 Å². The highest BCUT2D eigenvalue weighted by atomic mass is 19.1. The zero-order valence-corrected chi connectivity index (χ0v) is 12.3. The van der Waals surface area contributed by atoms with Gasteiger partial charge in [-0.1, -0.05) is 12.1 Å². The number of benzene rings is 2. The fraction of sp³-hybridized carbons (Fsp3) is 0.176. The van der Waals surface area contributed by atoms with Crippen LogP contribution in [0.1, 0.15) is 24.2 Å². The van der Waals surface area contributed by atoms with Crippen molar-refractivity contribution in [3.05, 3.63) is 59.9 Å². The van der Waals surface area contributed by atoms with E-state index in [-0.39, 0.29) is 17.4 Å². The van der Waals surface area contributed by atoms with Crippen LogP contribution in [-0.2, 0) is 4.79 Å². The number of carbonyl (C=O) groups is 2. The van der Waals surface area contributed by atoms with E-state index in [4.69, 9.17) is 4.74 Å². The first-order valence-corrected chi connectivity index (χ1v) is 6.80. The van der Waals surface area contributed by atoms with Crippen molar-refractivity contribution in [1.29, 1.82) is 0 Å². The van der Waals surface area contributed by atoms with Crippen molar-refractivity contribution in [2.75, 3.05) is 5.32 Å². The molecule has 0 heterocycles. The molecule has 0 aromatic heterocycles. The Morgan fingerprint density at radius 3 is 2.32 bits per heavy atom. The van der Waals surface area contributed by atoms with Gasteiger partial charge in [-0.25, -0.2) is 4.39 Å². The number of rotatable bonds is 5. The molecule has 0 fully saturated rings. The molecule has 0 aliphatic heterocycles. The molecule has 2 aromatic carbocycles. The summed E-state index contributed by atoms with van der Waals surface area (Å²) in [4.78, 5) is 23.2. The van der Waals surface area contributed by atoms with Gasteiger partial charge in [-0.3, -0.25) is 9.59 Å². The van der Waals surface area contributed by atoms with Crippen molar-refractivity contribution < 1.29 is 18.7 Å². The van der Waals surface area contributed by atoms with Crippen LogP contribution in [0.25, 0.3) is 0 Å². The second kappa shape index (κ2) is 6.85. The van der Waals surface area contributed by atoms with Crippen molar-refractivity contribution in [3.8, 4) is 5.75 Å². The molecule has 0 spiro atoms. The third-order valence-corrected chi connectivity index (χ3v) is 3.00. The topological polar surface area (TPSA) is 55.4 Å². The molecule has 2 aromatic rings. The second-order valence-electron chi connectivity index (χ2n) is 4.81. The lowest BCUT2D eigenvalue weighted by atomic mass is 10.1. The van der Waals surface area contributed by atoms with Gasteiger partial charge in [0, 0.05) is 18.2 Å². The molecule has 114 valence electrons. The van der Waals surface area contributed by atoms with Crippen LogP contribution in [0.2, 0.25) is 0 Å². The Hall–Kier alpha value is -2.69. The van der Waals surface area contributed by atoms with Gasteiger partial charge in [0.1, 0.15) is 0 Å². The third kappa shape index (κ3) is 3.91. The quantitative estimate of drug-likeness (QED) is 0.861. The van der Waals surface area contributed by atoms with Crippen molar-refractivity contribution in [2.24, 2.45) is 0 Å². The number of para-hydroxylation sites is 1. The van der Waals surface area contributed by atoms with E-state index in [9.17, 15) is 14.0 Å². The summed E-state index contributed by atoms with van der Waals surface area (Å²) in [5.74, 6) is -0.922. The Bertz CT molecular complexity index is 683. The molecule has 1 N–H and O–H groups in total. The molecule has 2 rings (SSSR count). The van der Waals surface area contributed by atoms with Crippen molar-refractivity contribution in [1.82, 2.24) is 0 Å². The van der Waals surface area contributed by atoms with Gasteiger partial charge in [0.25, 0.3) is 0 Å². The van der Waals surface area contributed by atoms with Crippen molar-refractivity contribution >= 4 is 17.4 Å². The predicted octanol–water partition coefficient (Wildman–Crippen LogP) is 3.43. The highest BCUT2D eigenvalue weighted by Gasteiger charge is 2.18. The molecule has 0 saturated heterocycles. The summed E-state index contributed by atoms with van der Waals surface area (Å²) >= 11 is 0. The molecule has 0 unspecified atom stereocenters. The maximum absolute atomic E-state index is 13.5. The van der Waals surface area contributed by atoms with E-state index in [1.165, 1.54) is 19.1 Å². The maximum Gasteiger partial charge on any atom is 0.221 e. The third-order valence-electron chi connectivity index (χ3n) is 3.00. The van der Waals surface area contributed by atoms with Crippen LogP contribution in [-0.4, -0.2) is 17.8 Å².